The zero-order valence-corrected chi connectivity index (χ0v) is 18.1. The van der Waals surface area contributed by atoms with Gasteiger partial charge >= 0.3 is 72.2 Å². The van der Waals surface area contributed by atoms with E-state index in [2.05, 4.69) is 40.2 Å². The van der Waals surface area contributed by atoms with Crippen LogP contribution in [-0.4, -0.2) is 31.0 Å². The second kappa shape index (κ2) is 8.34. The first kappa shape index (κ1) is 22.2. The minimum absolute atomic E-state index is 0. The number of benzene rings is 1. The Morgan fingerprint density at radius 2 is 1.57 bits per heavy atom. The molecule has 0 aliphatic carbocycles. The van der Waals surface area contributed by atoms with Gasteiger partial charge < -0.3 is 9.29 Å². The summed E-state index contributed by atoms with van der Waals surface area (Å²) < 4.78 is 67.3. The van der Waals surface area contributed by atoms with Gasteiger partial charge in [0.1, 0.15) is 0 Å². The van der Waals surface area contributed by atoms with Crippen molar-refractivity contribution in [1.29, 1.82) is 0 Å². The van der Waals surface area contributed by atoms with Crippen molar-refractivity contribution in [2.24, 2.45) is 0 Å². The third-order valence-corrected chi connectivity index (χ3v) is 4.76. The smallest absolute Gasteiger partial charge is 0.504 e. The Hall–Kier alpha value is 1.20. The first-order chi connectivity index (χ1) is 8.91. The predicted molar refractivity (Wildman–Crippen MR) is 72.0 cm³/mol. The maximum Gasteiger partial charge on any atom is 1.00 e. The van der Waals surface area contributed by atoms with Crippen LogP contribution in [0.5, 0.6) is 11.5 Å². The fraction of sp³-hybridized carbons (Fsp3) is 0.143. The summed E-state index contributed by atoms with van der Waals surface area (Å²) in [7, 11) is -9.55. The molecule has 0 saturated carbocycles. The summed E-state index contributed by atoms with van der Waals surface area (Å²) >= 11 is 5.85. The van der Waals surface area contributed by atoms with Crippen LogP contribution in [0.1, 0.15) is 5.56 Å². The molecule has 0 heterocycles. The number of rotatable bonds is 5. The fourth-order valence-electron chi connectivity index (χ4n) is 1.07. The zero-order valence-electron chi connectivity index (χ0n) is 10.1. The molecule has 0 aromatic heterocycles. The Bertz CT molecular complexity index is 731. The van der Waals surface area contributed by atoms with Crippen molar-refractivity contribution in [3.05, 3.63) is 20.6 Å². The summed E-state index contributed by atoms with van der Waals surface area (Å²) in [5, 5.41) is 9.57. The van der Waals surface area contributed by atoms with E-state index in [1.54, 1.807) is 0 Å². The van der Waals surface area contributed by atoms with E-state index in [1.165, 1.54) is 0 Å². The van der Waals surface area contributed by atoms with Gasteiger partial charge in [0.15, 0.2) is 5.75 Å². The molecule has 0 radical (unpaired) electrons. The molecule has 1 aromatic carbocycles. The van der Waals surface area contributed by atoms with Crippen LogP contribution in [0.15, 0.2) is 15.0 Å². The summed E-state index contributed by atoms with van der Waals surface area (Å²) in [4.78, 5) is 0. The first-order valence-corrected chi connectivity index (χ1v) is 8.71. The number of hydrogen-bond acceptors (Lipinski definition) is 7. The molecule has 0 atom stereocenters. The molecule has 3 N–H and O–H groups in total. The third-order valence-electron chi connectivity index (χ3n) is 1.77. The molecule has 0 bridgehead atoms. The van der Waals surface area contributed by atoms with Gasteiger partial charge in [0, 0.05) is 4.47 Å². The molecule has 1 aromatic rings. The number of phenols is 1. The van der Waals surface area contributed by atoms with E-state index < -0.39 is 38.9 Å². The zero-order chi connectivity index (χ0) is 15.7. The maximum absolute atomic E-state index is 10.6. The molecule has 0 unspecified atom stereocenters. The van der Waals surface area contributed by atoms with E-state index >= 15 is 0 Å². The van der Waals surface area contributed by atoms with E-state index in [4.69, 9.17) is 9.11 Å². The van der Waals surface area contributed by atoms with Gasteiger partial charge in [-0.15, -0.1) is 0 Å². The number of halogens is 2. The third kappa shape index (κ3) is 7.54. The van der Waals surface area contributed by atoms with Crippen molar-refractivity contribution in [3.8, 4) is 11.5 Å². The normalized spacial score (nSPS) is 11.8. The van der Waals surface area contributed by atoms with Crippen LogP contribution in [-0.2, 0) is 31.6 Å². The molecule has 0 spiro atoms. The van der Waals surface area contributed by atoms with Crippen molar-refractivity contribution >= 4 is 52.7 Å². The summed E-state index contributed by atoms with van der Waals surface area (Å²) in [6, 6.07) is 0.917. The minimum Gasteiger partial charge on any atom is -0.504 e. The van der Waals surface area contributed by atoms with Crippen molar-refractivity contribution in [3.63, 3.8) is 0 Å². The van der Waals surface area contributed by atoms with Gasteiger partial charge in [-0.2, -0.15) is 16.8 Å². The number of aromatic hydroxyl groups is 1. The molecule has 0 saturated heterocycles. The summed E-state index contributed by atoms with van der Waals surface area (Å²) in [5.74, 6) is -1.33. The molecule has 0 amide bonds. The minimum atomic E-state index is -4.87. The molecule has 14 heteroatoms. The van der Waals surface area contributed by atoms with Crippen LogP contribution < -0.4 is 55.6 Å². The monoisotopic (exact) mass is 495 g/mol. The van der Waals surface area contributed by atoms with Gasteiger partial charge in [0.25, 0.3) is 0 Å². The fourth-order valence-corrected chi connectivity index (χ4v) is 2.78. The van der Waals surface area contributed by atoms with Gasteiger partial charge in [-0.25, -0.2) is 4.18 Å². The standard InChI is InChI=1S/C7H6Br2O9S2.K/c8-5-3(2-17-19(11,12)13)1-4(10)7(6(5)9)18-20(14,15)16;/h1,10H,2H2,(H,11,12,13)(H,14,15,16);/q;+1. The number of phenolic OH excluding ortho intramolecular Hbond substituents is 1. The van der Waals surface area contributed by atoms with Crippen LogP contribution in [0.25, 0.3) is 0 Å². The molecular weight excluding hydrogens is 491 g/mol. The van der Waals surface area contributed by atoms with E-state index in [0.717, 1.165) is 6.07 Å². The van der Waals surface area contributed by atoms with Gasteiger partial charge in [-0.3, -0.25) is 9.11 Å². The quantitative estimate of drug-likeness (QED) is 0.324. The molecule has 0 aliphatic rings. The van der Waals surface area contributed by atoms with Crippen molar-refractivity contribution in [1.82, 2.24) is 0 Å². The summed E-state index contributed by atoms with van der Waals surface area (Å²) in [5.41, 5.74) is 0.0506. The summed E-state index contributed by atoms with van der Waals surface area (Å²) in [6.45, 7) is -0.641. The molecule has 0 aliphatic heterocycles. The average Bonchev–Trinajstić information content (AvgIpc) is 2.25. The Morgan fingerprint density at radius 1 is 1.05 bits per heavy atom. The van der Waals surface area contributed by atoms with Crippen LogP contribution in [0.4, 0.5) is 0 Å². The van der Waals surface area contributed by atoms with Crippen molar-refractivity contribution in [2.75, 3.05) is 0 Å². The molecule has 114 valence electrons. The first-order valence-electron chi connectivity index (χ1n) is 4.39. The molecule has 9 nitrogen and oxygen atoms in total. The Kier molecular flexibility index (Phi) is 8.82. The van der Waals surface area contributed by atoms with E-state index in [9.17, 15) is 21.9 Å². The SMILES string of the molecule is O=S(=O)(O)OCc1cc(O)c(OS(=O)(=O)O)c(Br)c1Br.[K+]. The van der Waals surface area contributed by atoms with Crippen LogP contribution in [0.2, 0.25) is 0 Å². The van der Waals surface area contributed by atoms with Crippen molar-refractivity contribution < 1.29 is 90.8 Å². The van der Waals surface area contributed by atoms with Gasteiger partial charge in [-0.1, -0.05) is 0 Å². The van der Waals surface area contributed by atoms with Gasteiger partial charge in [0.05, 0.1) is 11.1 Å². The Morgan fingerprint density at radius 3 is 2.00 bits per heavy atom. The number of hydrogen-bond donors (Lipinski definition) is 3. The second-order valence-electron chi connectivity index (χ2n) is 3.21. The van der Waals surface area contributed by atoms with Crippen LogP contribution in [0.3, 0.4) is 0 Å². The summed E-state index contributed by atoms with van der Waals surface area (Å²) in [6.07, 6.45) is 0. The maximum atomic E-state index is 10.6. The molecule has 21 heavy (non-hydrogen) atoms. The van der Waals surface area contributed by atoms with Crippen LogP contribution in [0, 0.1) is 0 Å². The van der Waals surface area contributed by atoms with Crippen molar-refractivity contribution in [2.45, 2.75) is 6.61 Å². The van der Waals surface area contributed by atoms with Crippen LogP contribution >= 0.6 is 31.9 Å². The second-order valence-corrected chi connectivity index (χ2v) is 6.91. The Labute approximate surface area is 179 Å². The van der Waals surface area contributed by atoms with E-state index in [0.29, 0.717) is 0 Å². The molecule has 1 rings (SSSR count). The molecule has 0 fully saturated rings. The topological polar surface area (TPSA) is 147 Å². The average molecular weight is 497 g/mol. The Balaban J connectivity index is 0.00000400. The predicted octanol–water partition coefficient (Wildman–Crippen LogP) is -1.58. The van der Waals surface area contributed by atoms with E-state index in [-0.39, 0.29) is 65.9 Å². The molecular formula is C7H6Br2KO9S2+. The van der Waals surface area contributed by atoms with E-state index in [1.807, 2.05) is 0 Å². The largest absolute Gasteiger partial charge is 1.00 e. The van der Waals surface area contributed by atoms with Gasteiger partial charge in [0.2, 0.25) is 5.75 Å². The van der Waals surface area contributed by atoms with Gasteiger partial charge in [-0.05, 0) is 43.5 Å².